The van der Waals surface area contributed by atoms with Crippen LogP contribution in [0, 0.1) is 19.8 Å². The van der Waals surface area contributed by atoms with E-state index in [-0.39, 0.29) is 24.3 Å². The molecule has 0 unspecified atom stereocenters. The molecule has 1 aliphatic heterocycles. The Morgan fingerprint density at radius 3 is 2.58 bits per heavy atom. The van der Waals surface area contributed by atoms with Crippen LogP contribution in [0.3, 0.4) is 0 Å². The maximum atomic E-state index is 13.0. The fourth-order valence-corrected chi connectivity index (χ4v) is 4.10. The number of rotatable bonds is 7. The molecule has 2 amide bonds. The molecule has 31 heavy (non-hydrogen) atoms. The highest BCUT2D eigenvalue weighted by molar-refractivity contribution is 6.00. The van der Waals surface area contributed by atoms with E-state index in [1.807, 2.05) is 12.1 Å². The molecule has 0 bridgehead atoms. The lowest BCUT2D eigenvalue weighted by Gasteiger charge is -2.32. The monoisotopic (exact) mass is 429 g/mol. The molecule has 0 radical (unpaired) electrons. The van der Waals surface area contributed by atoms with Crippen LogP contribution < -0.4 is 0 Å². The second-order valence-electron chi connectivity index (χ2n) is 8.11. The van der Waals surface area contributed by atoms with E-state index >= 15 is 0 Å². The summed E-state index contributed by atoms with van der Waals surface area (Å²) in [5.74, 6) is 0.558. The lowest BCUT2D eigenvalue weighted by molar-refractivity contribution is -0.132. The normalized spacial score (nSPS) is 14.5. The van der Waals surface area contributed by atoms with Gasteiger partial charge in [0.1, 0.15) is 11.5 Å². The van der Waals surface area contributed by atoms with Gasteiger partial charge in [0, 0.05) is 32.3 Å². The standard InChI is InChI=1S/C23H31N3O5/c1-5-30-23(29)20-15(2)21(24-16(20)3)22(28)26-10-8-17(9-11-26)13-19(27)25(4)14-18-7-6-12-31-18/h6-7,12,17,24H,5,8-11,13-14H2,1-4H3. The van der Waals surface area contributed by atoms with E-state index in [2.05, 4.69) is 4.98 Å². The molecule has 3 heterocycles. The summed E-state index contributed by atoms with van der Waals surface area (Å²) in [7, 11) is 1.78. The number of hydrogen-bond acceptors (Lipinski definition) is 5. The fourth-order valence-electron chi connectivity index (χ4n) is 4.10. The smallest absolute Gasteiger partial charge is 0.340 e. The van der Waals surface area contributed by atoms with Crippen molar-refractivity contribution in [1.82, 2.24) is 14.8 Å². The number of ether oxygens (including phenoxy) is 1. The zero-order chi connectivity index (χ0) is 22.5. The average Bonchev–Trinajstić information content (AvgIpc) is 3.35. The van der Waals surface area contributed by atoms with Gasteiger partial charge in [-0.3, -0.25) is 9.59 Å². The molecule has 1 aliphatic rings. The zero-order valence-electron chi connectivity index (χ0n) is 18.7. The maximum Gasteiger partial charge on any atom is 0.340 e. The third kappa shape index (κ3) is 5.18. The van der Waals surface area contributed by atoms with Crippen LogP contribution in [-0.2, 0) is 16.1 Å². The van der Waals surface area contributed by atoms with Crippen LogP contribution in [0.5, 0.6) is 0 Å². The summed E-state index contributed by atoms with van der Waals surface area (Å²) < 4.78 is 10.4. The highest BCUT2D eigenvalue weighted by atomic mass is 16.5. The van der Waals surface area contributed by atoms with Gasteiger partial charge < -0.3 is 23.9 Å². The second kappa shape index (κ2) is 9.85. The predicted octanol–water partition coefficient (Wildman–Crippen LogP) is 3.30. The van der Waals surface area contributed by atoms with Gasteiger partial charge in [0.2, 0.25) is 5.91 Å². The number of aromatic nitrogens is 1. The van der Waals surface area contributed by atoms with E-state index < -0.39 is 5.97 Å². The van der Waals surface area contributed by atoms with Crippen LogP contribution in [0.1, 0.15) is 64.1 Å². The number of nitrogens with one attached hydrogen (secondary N) is 1. The second-order valence-corrected chi connectivity index (χ2v) is 8.11. The quantitative estimate of drug-likeness (QED) is 0.682. The molecule has 0 saturated carbocycles. The number of amides is 2. The first-order valence-corrected chi connectivity index (χ1v) is 10.7. The lowest BCUT2D eigenvalue weighted by atomic mass is 9.92. The highest BCUT2D eigenvalue weighted by Gasteiger charge is 2.29. The number of furan rings is 1. The van der Waals surface area contributed by atoms with E-state index in [4.69, 9.17) is 9.15 Å². The Balaban J connectivity index is 1.55. The third-order valence-corrected chi connectivity index (χ3v) is 5.89. The molecular formula is C23H31N3O5. The van der Waals surface area contributed by atoms with Gasteiger partial charge in [0.25, 0.3) is 5.91 Å². The number of likely N-dealkylation sites (tertiary alicyclic amines) is 1. The Morgan fingerprint density at radius 2 is 1.97 bits per heavy atom. The fraction of sp³-hybridized carbons (Fsp3) is 0.522. The lowest BCUT2D eigenvalue weighted by Crippen LogP contribution is -2.40. The maximum absolute atomic E-state index is 13.0. The first-order valence-electron chi connectivity index (χ1n) is 10.7. The van der Waals surface area contributed by atoms with Gasteiger partial charge in [-0.05, 0) is 57.2 Å². The van der Waals surface area contributed by atoms with Gasteiger partial charge in [0.15, 0.2) is 0 Å². The van der Waals surface area contributed by atoms with Crippen LogP contribution in [0.25, 0.3) is 0 Å². The van der Waals surface area contributed by atoms with Crippen molar-refractivity contribution in [2.75, 3.05) is 26.7 Å². The van der Waals surface area contributed by atoms with Gasteiger partial charge in [0.05, 0.1) is 25.0 Å². The average molecular weight is 430 g/mol. The molecule has 1 saturated heterocycles. The minimum absolute atomic E-state index is 0.0797. The Kier molecular flexibility index (Phi) is 7.20. The summed E-state index contributed by atoms with van der Waals surface area (Å²) in [6, 6.07) is 3.66. The Hall–Kier alpha value is -3.03. The van der Waals surface area contributed by atoms with Crippen molar-refractivity contribution >= 4 is 17.8 Å². The number of carbonyl (C=O) groups is 3. The molecule has 3 rings (SSSR count). The largest absolute Gasteiger partial charge is 0.467 e. The van der Waals surface area contributed by atoms with Crippen molar-refractivity contribution in [2.45, 2.75) is 46.6 Å². The van der Waals surface area contributed by atoms with Crippen molar-refractivity contribution in [3.8, 4) is 0 Å². The summed E-state index contributed by atoms with van der Waals surface area (Å²) in [5.41, 5.74) is 2.13. The Morgan fingerprint density at radius 1 is 1.26 bits per heavy atom. The summed E-state index contributed by atoms with van der Waals surface area (Å²) in [4.78, 5) is 44.3. The van der Waals surface area contributed by atoms with Gasteiger partial charge in [-0.2, -0.15) is 0 Å². The minimum atomic E-state index is -0.413. The first-order chi connectivity index (χ1) is 14.8. The molecule has 0 aliphatic carbocycles. The zero-order valence-corrected chi connectivity index (χ0v) is 18.7. The van der Waals surface area contributed by atoms with Crippen LogP contribution in [0.4, 0.5) is 0 Å². The number of hydrogen-bond donors (Lipinski definition) is 1. The molecule has 1 N–H and O–H groups in total. The molecule has 2 aromatic rings. The summed E-state index contributed by atoms with van der Waals surface area (Å²) in [6.07, 6.45) is 3.61. The number of H-pyrrole nitrogens is 1. The molecule has 0 aromatic carbocycles. The SMILES string of the molecule is CCOC(=O)c1c(C)[nH]c(C(=O)N2CCC(CC(=O)N(C)Cc3ccco3)CC2)c1C. The van der Waals surface area contributed by atoms with Crippen LogP contribution in [0.15, 0.2) is 22.8 Å². The number of piperidine rings is 1. The van der Waals surface area contributed by atoms with Crippen LogP contribution in [0.2, 0.25) is 0 Å². The number of esters is 1. The summed E-state index contributed by atoms with van der Waals surface area (Å²) in [5, 5.41) is 0. The van der Waals surface area contributed by atoms with E-state index in [9.17, 15) is 14.4 Å². The molecule has 8 nitrogen and oxygen atoms in total. The van der Waals surface area contributed by atoms with Gasteiger partial charge in [-0.25, -0.2) is 4.79 Å². The van der Waals surface area contributed by atoms with E-state index in [0.29, 0.717) is 48.6 Å². The third-order valence-electron chi connectivity index (χ3n) is 5.89. The van der Waals surface area contributed by atoms with Gasteiger partial charge in [-0.1, -0.05) is 0 Å². The van der Waals surface area contributed by atoms with E-state index in [0.717, 1.165) is 18.6 Å². The number of aromatic amines is 1. The van der Waals surface area contributed by atoms with Gasteiger partial charge >= 0.3 is 5.97 Å². The molecular weight excluding hydrogens is 398 g/mol. The predicted molar refractivity (Wildman–Crippen MR) is 115 cm³/mol. The number of nitrogens with zero attached hydrogens (tertiary/aromatic N) is 2. The summed E-state index contributed by atoms with van der Waals surface area (Å²) in [6.45, 7) is 7.21. The van der Waals surface area contributed by atoms with E-state index in [1.54, 1.807) is 43.9 Å². The molecule has 168 valence electrons. The number of carbonyl (C=O) groups excluding carboxylic acids is 3. The Bertz CT molecular complexity index is 923. The van der Waals surface area contributed by atoms with E-state index in [1.165, 1.54) is 0 Å². The summed E-state index contributed by atoms with van der Waals surface area (Å²) >= 11 is 0. The van der Waals surface area contributed by atoms with Crippen molar-refractivity contribution in [3.05, 3.63) is 46.7 Å². The van der Waals surface area contributed by atoms with Crippen molar-refractivity contribution in [1.29, 1.82) is 0 Å². The Labute approximate surface area is 182 Å². The van der Waals surface area contributed by atoms with Gasteiger partial charge in [-0.15, -0.1) is 0 Å². The highest BCUT2D eigenvalue weighted by Crippen LogP contribution is 2.25. The van der Waals surface area contributed by atoms with Crippen LogP contribution in [-0.4, -0.2) is 59.3 Å². The molecule has 0 atom stereocenters. The molecule has 8 heteroatoms. The topological polar surface area (TPSA) is 95.8 Å². The van der Waals surface area contributed by atoms with Crippen molar-refractivity contribution < 1.29 is 23.5 Å². The minimum Gasteiger partial charge on any atom is -0.467 e. The molecule has 1 fully saturated rings. The number of aryl methyl sites for hydroxylation is 1. The first kappa shape index (κ1) is 22.7. The van der Waals surface area contributed by atoms with Crippen molar-refractivity contribution in [2.24, 2.45) is 5.92 Å². The molecule has 0 spiro atoms. The van der Waals surface area contributed by atoms with Crippen LogP contribution >= 0.6 is 0 Å². The molecule has 2 aromatic heterocycles. The van der Waals surface area contributed by atoms with Crippen molar-refractivity contribution in [3.63, 3.8) is 0 Å².